The van der Waals surface area contributed by atoms with Crippen LogP contribution in [-0.4, -0.2) is 20.6 Å². The molecule has 0 bridgehead atoms. The van der Waals surface area contributed by atoms with E-state index in [1.807, 2.05) is 29.1 Å². The van der Waals surface area contributed by atoms with Gasteiger partial charge >= 0.3 is 6.03 Å². The van der Waals surface area contributed by atoms with Gasteiger partial charge in [-0.2, -0.15) is 0 Å². The Morgan fingerprint density at radius 1 is 1.50 bits per heavy atom. The van der Waals surface area contributed by atoms with Gasteiger partial charge in [-0.1, -0.05) is 19.9 Å². The number of amides is 2. The van der Waals surface area contributed by atoms with E-state index in [4.69, 9.17) is 5.73 Å². The van der Waals surface area contributed by atoms with Crippen molar-refractivity contribution in [3.05, 3.63) is 47.8 Å². The number of carbonyl (C=O) groups is 1. The van der Waals surface area contributed by atoms with Crippen LogP contribution in [0.3, 0.4) is 0 Å². The van der Waals surface area contributed by atoms with Gasteiger partial charge in [-0.15, -0.1) is 0 Å². The van der Waals surface area contributed by atoms with E-state index in [1.54, 1.807) is 6.20 Å². The molecule has 2 amide bonds. The van der Waals surface area contributed by atoms with Crippen molar-refractivity contribution in [3.8, 4) is 0 Å². The number of pyridine rings is 1. The summed E-state index contributed by atoms with van der Waals surface area (Å²) in [5, 5.41) is 2.58. The third kappa shape index (κ3) is 3.57. The van der Waals surface area contributed by atoms with Gasteiger partial charge in [0.25, 0.3) is 0 Å². The molecule has 0 aliphatic carbocycles. The molecule has 0 aliphatic rings. The molecule has 3 N–H and O–H groups in total. The molecule has 6 heteroatoms. The highest BCUT2D eigenvalue weighted by atomic mass is 16.2. The number of hydrogen-bond donors (Lipinski definition) is 2. The molecule has 0 aromatic carbocycles. The highest BCUT2D eigenvalue weighted by Gasteiger charge is 2.11. The summed E-state index contributed by atoms with van der Waals surface area (Å²) in [5.41, 5.74) is 7.19. The van der Waals surface area contributed by atoms with Gasteiger partial charge in [0.2, 0.25) is 0 Å². The third-order valence-electron chi connectivity index (χ3n) is 2.97. The van der Waals surface area contributed by atoms with E-state index in [9.17, 15) is 4.79 Å². The van der Waals surface area contributed by atoms with Crippen LogP contribution in [0.25, 0.3) is 0 Å². The maximum Gasteiger partial charge on any atom is 0.312 e. The Balaban J connectivity index is 2.22. The zero-order valence-electron chi connectivity index (χ0n) is 11.7. The summed E-state index contributed by atoms with van der Waals surface area (Å²) in [6, 6.07) is 3.36. The second kappa shape index (κ2) is 6.18. The minimum atomic E-state index is -0.549. The van der Waals surface area contributed by atoms with Crippen molar-refractivity contribution in [1.82, 2.24) is 19.9 Å². The Morgan fingerprint density at radius 3 is 2.90 bits per heavy atom. The van der Waals surface area contributed by atoms with Crippen molar-refractivity contribution in [2.24, 2.45) is 5.73 Å². The fourth-order valence-electron chi connectivity index (χ4n) is 1.89. The molecule has 0 radical (unpaired) electrons. The molecular formula is C14H19N5O. The lowest BCUT2D eigenvalue weighted by molar-refractivity contribution is 0.248. The summed E-state index contributed by atoms with van der Waals surface area (Å²) < 4.78 is 2.02. The maximum absolute atomic E-state index is 10.8. The molecule has 2 aromatic rings. The zero-order valence-corrected chi connectivity index (χ0v) is 11.7. The topological polar surface area (TPSA) is 85.8 Å². The molecule has 2 aromatic heterocycles. The quantitative estimate of drug-likeness (QED) is 0.868. The lowest BCUT2D eigenvalue weighted by Crippen LogP contribution is -2.30. The molecular weight excluding hydrogens is 254 g/mol. The lowest BCUT2D eigenvalue weighted by atomic mass is 10.2. The standard InChI is InChI=1S/C14H19N5O/c1-10(2)12-9-19(8-11-4-3-5-16-6-11)13(18-12)7-17-14(15)20/h3-6,9-10H,7-8H2,1-2H3,(H3,15,17,20). The number of aromatic nitrogens is 3. The Hall–Kier alpha value is -2.37. The van der Waals surface area contributed by atoms with Crippen LogP contribution in [0.1, 0.15) is 36.8 Å². The number of imidazole rings is 1. The minimum absolute atomic E-state index is 0.322. The van der Waals surface area contributed by atoms with E-state index in [1.165, 1.54) is 0 Å². The fraction of sp³-hybridized carbons (Fsp3) is 0.357. The summed E-state index contributed by atoms with van der Waals surface area (Å²) in [7, 11) is 0. The van der Waals surface area contributed by atoms with Gasteiger partial charge in [-0.25, -0.2) is 9.78 Å². The number of nitrogens with zero attached hydrogens (tertiary/aromatic N) is 3. The van der Waals surface area contributed by atoms with Gasteiger partial charge in [0.05, 0.1) is 18.8 Å². The van der Waals surface area contributed by atoms with Crippen LogP contribution in [0.4, 0.5) is 4.79 Å². The Bertz CT molecular complexity index is 577. The highest BCUT2D eigenvalue weighted by molar-refractivity contribution is 5.71. The number of carbonyl (C=O) groups excluding carboxylic acids is 1. The summed E-state index contributed by atoms with van der Waals surface area (Å²) in [4.78, 5) is 19.5. The lowest BCUT2D eigenvalue weighted by Gasteiger charge is -2.07. The van der Waals surface area contributed by atoms with Crippen molar-refractivity contribution < 1.29 is 4.79 Å². The predicted octanol–water partition coefficient (Wildman–Crippen LogP) is 1.62. The molecule has 0 unspecified atom stereocenters. The number of primary amides is 1. The first-order valence-electron chi connectivity index (χ1n) is 6.54. The second-order valence-electron chi connectivity index (χ2n) is 4.94. The normalized spacial score (nSPS) is 10.8. The van der Waals surface area contributed by atoms with Crippen LogP contribution in [-0.2, 0) is 13.1 Å². The summed E-state index contributed by atoms with van der Waals surface area (Å²) >= 11 is 0. The molecule has 2 rings (SSSR count). The number of rotatable bonds is 5. The third-order valence-corrected chi connectivity index (χ3v) is 2.97. The number of hydrogen-bond acceptors (Lipinski definition) is 3. The zero-order chi connectivity index (χ0) is 14.5. The van der Waals surface area contributed by atoms with Crippen molar-refractivity contribution in [2.45, 2.75) is 32.9 Å². The van der Waals surface area contributed by atoms with Crippen LogP contribution in [0.2, 0.25) is 0 Å². The van der Waals surface area contributed by atoms with Crippen LogP contribution in [0.5, 0.6) is 0 Å². The average Bonchev–Trinajstić information content (AvgIpc) is 2.81. The van der Waals surface area contributed by atoms with Crippen LogP contribution in [0.15, 0.2) is 30.7 Å². The monoisotopic (exact) mass is 273 g/mol. The maximum atomic E-state index is 10.8. The Kier molecular flexibility index (Phi) is 4.34. The highest BCUT2D eigenvalue weighted by Crippen LogP contribution is 2.15. The summed E-state index contributed by atoms with van der Waals surface area (Å²) in [5.74, 6) is 1.12. The smallest absolute Gasteiger partial charge is 0.312 e. The molecule has 0 saturated heterocycles. The van der Waals surface area contributed by atoms with E-state index in [-0.39, 0.29) is 0 Å². The van der Waals surface area contributed by atoms with Gasteiger partial charge in [0, 0.05) is 18.6 Å². The van der Waals surface area contributed by atoms with E-state index < -0.39 is 6.03 Å². The molecule has 0 aliphatic heterocycles. The SMILES string of the molecule is CC(C)c1cn(Cc2cccnc2)c(CNC(N)=O)n1. The molecule has 2 heterocycles. The first-order valence-corrected chi connectivity index (χ1v) is 6.54. The molecule has 0 spiro atoms. The van der Waals surface area contributed by atoms with Gasteiger partial charge in [0.1, 0.15) is 5.82 Å². The summed E-state index contributed by atoms with van der Waals surface area (Å²) in [6.45, 7) is 5.16. The number of nitrogens with one attached hydrogen (secondary N) is 1. The predicted molar refractivity (Wildman–Crippen MR) is 76.1 cm³/mol. The van der Waals surface area contributed by atoms with Crippen LogP contribution in [0, 0.1) is 0 Å². The van der Waals surface area contributed by atoms with Crippen molar-refractivity contribution in [3.63, 3.8) is 0 Å². The number of urea groups is 1. The van der Waals surface area contributed by atoms with Crippen LogP contribution >= 0.6 is 0 Å². The van der Waals surface area contributed by atoms with E-state index in [2.05, 4.69) is 29.1 Å². The van der Waals surface area contributed by atoms with Crippen molar-refractivity contribution >= 4 is 6.03 Å². The second-order valence-corrected chi connectivity index (χ2v) is 4.94. The van der Waals surface area contributed by atoms with Crippen LogP contribution < -0.4 is 11.1 Å². The molecule has 106 valence electrons. The average molecular weight is 273 g/mol. The van der Waals surface area contributed by atoms with E-state index in [0.717, 1.165) is 17.1 Å². The Morgan fingerprint density at radius 2 is 2.30 bits per heavy atom. The Labute approximate surface area is 118 Å². The van der Waals surface area contributed by atoms with Crippen molar-refractivity contribution in [2.75, 3.05) is 0 Å². The van der Waals surface area contributed by atoms with E-state index in [0.29, 0.717) is 19.0 Å². The van der Waals surface area contributed by atoms with Gasteiger partial charge < -0.3 is 15.6 Å². The minimum Gasteiger partial charge on any atom is -0.352 e. The molecule has 20 heavy (non-hydrogen) atoms. The van der Waals surface area contributed by atoms with Gasteiger partial charge in [-0.3, -0.25) is 4.98 Å². The number of nitrogens with two attached hydrogens (primary N) is 1. The summed E-state index contributed by atoms with van der Waals surface area (Å²) in [6.07, 6.45) is 5.57. The largest absolute Gasteiger partial charge is 0.352 e. The van der Waals surface area contributed by atoms with E-state index >= 15 is 0 Å². The van der Waals surface area contributed by atoms with Gasteiger partial charge in [0.15, 0.2) is 0 Å². The molecule has 6 nitrogen and oxygen atoms in total. The fourth-order valence-corrected chi connectivity index (χ4v) is 1.89. The first-order chi connectivity index (χ1) is 9.56. The molecule has 0 saturated carbocycles. The molecule has 0 fully saturated rings. The van der Waals surface area contributed by atoms with Crippen molar-refractivity contribution in [1.29, 1.82) is 0 Å². The van der Waals surface area contributed by atoms with Gasteiger partial charge in [-0.05, 0) is 17.5 Å². The molecule has 0 atom stereocenters. The first kappa shape index (κ1) is 14.0.